The molecule has 26 heavy (non-hydrogen) atoms. The monoisotopic (exact) mass is 353 g/mol. The van der Waals surface area contributed by atoms with Gasteiger partial charge in [0.15, 0.2) is 0 Å². The average molecular weight is 353 g/mol. The van der Waals surface area contributed by atoms with Gasteiger partial charge in [0.05, 0.1) is 19.2 Å². The van der Waals surface area contributed by atoms with Crippen LogP contribution in [0.5, 0.6) is 5.75 Å². The van der Waals surface area contributed by atoms with Crippen LogP contribution in [-0.4, -0.2) is 36.4 Å². The molecule has 2 aromatic carbocycles. The van der Waals surface area contributed by atoms with Crippen molar-refractivity contribution in [1.29, 1.82) is 0 Å². The van der Waals surface area contributed by atoms with E-state index < -0.39 is 0 Å². The number of benzene rings is 2. The van der Waals surface area contributed by atoms with E-state index in [-0.39, 0.29) is 12.6 Å². The summed E-state index contributed by atoms with van der Waals surface area (Å²) in [7, 11) is 1.64. The van der Waals surface area contributed by atoms with Crippen molar-refractivity contribution < 1.29 is 19.4 Å². The minimum atomic E-state index is -0.373. The molecule has 0 spiro atoms. The van der Waals surface area contributed by atoms with Gasteiger partial charge in [-0.2, -0.15) is 0 Å². The molecule has 0 saturated carbocycles. The fourth-order valence-corrected chi connectivity index (χ4v) is 3.26. The Morgan fingerprint density at radius 1 is 1.12 bits per heavy atom. The standard InChI is InChI=1S/C21H23NO4/c1-3-26-21(24)20-17(11-7-13-23)16-10-6-9-15(19(16)22-20)14-8-4-5-12-18(14)25-2/h4-6,8-10,12,22-23H,3,7,11,13H2,1-2H3. The van der Waals surface area contributed by atoms with E-state index in [1.807, 2.05) is 42.5 Å². The number of aromatic amines is 1. The van der Waals surface area contributed by atoms with Gasteiger partial charge in [0.1, 0.15) is 11.4 Å². The van der Waals surface area contributed by atoms with E-state index in [9.17, 15) is 9.90 Å². The molecule has 5 nitrogen and oxygen atoms in total. The lowest BCUT2D eigenvalue weighted by Gasteiger charge is -2.09. The Labute approximate surface area is 152 Å². The van der Waals surface area contributed by atoms with Crippen LogP contribution in [0.25, 0.3) is 22.0 Å². The Hall–Kier alpha value is -2.79. The molecule has 0 aliphatic rings. The number of carbonyl (C=O) groups is 1. The lowest BCUT2D eigenvalue weighted by molar-refractivity contribution is 0.0519. The normalized spacial score (nSPS) is 10.9. The smallest absolute Gasteiger partial charge is 0.355 e. The highest BCUT2D eigenvalue weighted by Crippen LogP contribution is 2.36. The van der Waals surface area contributed by atoms with E-state index in [0.29, 0.717) is 25.1 Å². The first-order valence-electron chi connectivity index (χ1n) is 8.76. The number of hydrogen-bond donors (Lipinski definition) is 2. The van der Waals surface area contributed by atoms with Gasteiger partial charge in [0.25, 0.3) is 0 Å². The molecule has 0 unspecified atom stereocenters. The molecule has 0 aliphatic heterocycles. The molecule has 0 aliphatic carbocycles. The maximum atomic E-state index is 12.4. The third kappa shape index (κ3) is 3.30. The fourth-order valence-electron chi connectivity index (χ4n) is 3.26. The second-order valence-electron chi connectivity index (χ2n) is 5.95. The maximum Gasteiger partial charge on any atom is 0.355 e. The van der Waals surface area contributed by atoms with Crippen LogP contribution in [-0.2, 0) is 11.2 Å². The number of esters is 1. The largest absolute Gasteiger partial charge is 0.496 e. The van der Waals surface area contributed by atoms with Crippen LogP contribution in [0, 0.1) is 0 Å². The number of carbonyl (C=O) groups excluding carboxylic acids is 1. The summed E-state index contributed by atoms with van der Waals surface area (Å²) in [5.41, 5.74) is 4.11. The summed E-state index contributed by atoms with van der Waals surface area (Å²) in [6.07, 6.45) is 1.18. The zero-order chi connectivity index (χ0) is 18.5. The predicted molar refractivity (Wildman–Crippen MR) is 102 cm³/mol. The summed E-state index contributed by atoms with van der Waals surface area (Å²) < 4.78 is 10.7. The Balaban J connectivity index is 2.22. The average Bonchev–Trinajstić information content (AvgIpc) is 3.05. The Kier molecular flexibility index (Phi) is 5.58. The first kappa shape index (κ1) is 18.0. The third-order valence-electron chi connectivity index (χ3n) is 4.40. The van der Waals surface area contributed by atoms with Crippen molar-refractivity contribution in [2.45, 2.75) is 19.8 Å². The summed E-state index contributed by atoms with van der Waals surface area (Å²) in [5.74, 6) is 0.395. The first-order chi connectivity index (χ1) is 12.7. The van der Waals surface area contributed by atoms with Crippen LogP contribution < -0.4 is 4.74 Å². The Morgan fingerprint density at radius 2 is 1.88 bits per heavy atom. The molecule has 0 bridgehead atoms. The molecule has 0 amide bonds. The number of aromatic nitrogens is 1. The lowest BCUT2D eigenvalue weighted by Crippen LogP contribution is -2.08. The minimum absolute atomic E-state index is 0.0706. The van der Waals surface area contributed by atoms with Crippen LogP contribution in [0.4, 0.5) is 0 Å². The number of hydrogen-bond acceptors (Lipinski definition) is 4. The lowest BCUT2D eigenvalue weighted by atomic mass is 9.99. The molecular formula is C21H23NO4. The van der Waals surface area contributed by atoms with Gasteiger partial charge in [-0.1, -0.05) is 36.4 Å². The van der Waals surface area contributed by atoms with Crippen LogP contribution in [0.1, 0.15) is 29.4 Å². The number of methoxy groups -OCH3 is 1. The summed E-state index contributed by atoms with van der Waals surface area (Å²) in [4.78, 5) is 15.7. The molecule has 0 fully saturated rings. The van der Waals surface area contributed by atoms with Crippen molar-refractivity contribution in [3.8, 4) is 16.9 Å². The van der Waals surface area contributed by atoms with Crippen LogP contribution >= 0.6 is 0 Å². The molecule has 1 aromatic heterocycles. The van der Waals surface area contributed by atoms with E-state index in [0.717, 1.165) is 33.3 Å². The molecule has 2 N–H and O–H groups in total. The van der Waals surface area contributed by atoms with Gasteiger partial charge in [-0.05, 0) is 31.4 Å². The summed E-state index contributed by atoms with van der Waals surface area (Å²) >= 11 is 0. The van der Waals surface area contributed by atoms with E-state index in [1.165, 1.54) is 0 Å². The topological polar surface area (TPSA) is 71.6 Å². The molecule has 0 atom stereocenters. The number of aliphatic hydroxyl groups is 1. The summed E-state index contributed by atoms with van der Waals surface area (Å²) in [5, 5.41) is 10.2. The van der Waals surface area contributed by atoms with Gasteiger partial charge in [-0.15, -0.1) is 0 Å². The highest BCUT2D eigenvalue weighted by Gasteiger charge is 2.21. The number of aryl methyl sites for hydroxylation is 1. The van der Waals surface area contributed by atoms with Crippen molar-refractivity contribution in [3.05, 3.63) is 53.7 Å². The second kappa shape index (κ2) is 8.06. The molecular weight excluding hydrogens is 330 g/mol. The van der Waals surface area contributed by atoms with Crippen molar-refractivity contribution in [1.82, 2.24) is 4.98 Å². The first-order valence-corrected chi connectivity index (χ1v) is 8.76. The minimum Gasteiger partial charge on any atom is -0.496 e. The van der Waals surface area contributed by atoms with E-state index >= 15 is 0 Å². The Bertz CT molecular complexity index is 914. The zero-order valence-electron chi connectivity index (χ0n) is 15.0. The van der Waals surface area contributed by atoms with Crippen molar-refractivity contribution >= 4 is 16.9 Å². The highest BCUT2D eigenvalue weighted by molar-refractivity contribution is 6.04. The van der Waals surface area contributed by atoms with Crippen LogP contribution in [0.15, 0.2) is 42.5 Å². The van der Waals surface area contributed by atoms with Gasteiger partial charge < -0.3 is 19.6 Å². The summed E-state index contributed by atoms with van der Waals surface area (Å²) in [6, 6.07) is 13.7. The quantitative estimate of drug-likeness (QED) is 0.631. The number of H-pyrrole nitrogens is 1. The molecule has 0 saturated heterocycles. The number of fused-ring (bicyclic) bond motifs is 1. The number of ether oxygens (including phenoxy) is 2. The molecule has 3 aromatic rings. The van der Waals surface area contributed by atoms with Crippen molar-refractivity contribution in [2.24, 2.45) is 0 Å². The van der Waals surface area contributed by atoms with Gasteiger partial charge in [0, 0.05) is 23.1 Å². The molecule has 136 valence electrons. The molecule has 3 rings (SSSR count). The van der Waals surface area contributed by atoms with Crippen molar-refractivity contribution in [2.75, 3.05) is 20.3 Å². The number of para-hydroxylation sites is 2. The second-order valence-corrected chi connectivity index (χ2v) is 5.95. The Morgan fingerprint density at radius 3 is 2.62 bits per heavy atom. The van der Waals surface area contributed by atoms with E-state index in [1.54, 1.807) is 14.0 Å². The van der Waals surface area contributed by atoms with E-state index in [4.69, 9.17) is 9.47 Å². The van der Waals surface area contributed by atoms with Crippen LogP contribution in [0.2, 0.25) is 0 Å². The van der Waals surface area contributed by atoms with E-state index in [2.05, 4.69) is 4.98 Å². The van der Waals surface area contributed by atoms with Crippen molar-refractivity contribution in [3.63, 3.8) is 0 Å². The molecule has 1 heterocycles. The summed E-state index contributed by atoms with van der Waals surface area (Å²) in [6.45, 7) is 2.17. The number of rotatable bonds is 7. The van der Waals surface area contributed by atoms with Crippen LogP contribution in [0.3, 0.4) is 0 Å². The van der Waals surface area contributed by atoms with Gasteiger partial charge >= 0.3 is 5.97 Å². The van der Waals surface area contributed by atoms with Gasteiger partial charge in [-0.3, -0.25) is 0 Å². The maximum absolute atomic E-state index is 12.4. The molecule has 0 radical (unpaired) electrons. The molecule has 5 heteroatoms. The SMILES string of the molecule is CCOC(=O)c1[nH]c2c(-c3ccccc3OC)cccc2c1CCCO. The third-order valence-corrected chi connectivity index (χ3v) is 4.40. The zero-order valence-corrected chi connectivity index (χ0v) is 15.0. The fraction of sp³-hybridized carbons (Fsp3) is 0.286. The highest BCUT2D eigenvalue weighted by atomic mass is 16.5. The number of aliphatic hydroxyl groups excluding tert-OH is 1. The predicted octanol–water partition coefficient (Wildman–Crippen LogP) is 3.95. The number of nitrogens with one attached hydrogen (secondary N) is 1. The van der Waals surface area contributed by atoms with Gasteiger partial charge in [-0.25, -0.2) is 4.79 Å². The van der Waals surface area contributed by atoms with Gasteiger partial charge in [0.2, 0.25) is 0 Å².